The number of quaternary nitrogens is 1. The van der Waals surface area contributed by atoms with E-state index in [9.17, 15) is 5.21 Å². The van der Waals surface area contributed by atoms with Crippen molar-refractivity contribution in [3.8, 4) is 0 Å². The molecule has 0 aromatic rings. The molecule has 0 heterocycles. The maximum atomic E-state index is 10.0. The van der Waals surface area contributed by atoms with Crippen LogP contribution >= 0.6 is 0 Å². The van der Waals surface area contributed by atoms with Gasteiger partial charge in [-0.25, -0.2) is 5.21 Å². The van der Waals surface area contributed by atoms with E-state index < -0.39 is 0 Å². The molecular weight excluding hydrogens is 138 g/mol. The van der Waals surface area contributed by atoms with E-state index >= 15 is 0 Å². The molecule has 0 aromatic heterocycles. The van der Waals surface area contributed by atoms with E-state index in [1.54, 1.807) is 0 Å². The van der Waals surface area contributed by atoms with Gasteiger partial charge in [0.1, 0.15) is 19.1 Å². The minimum absolute atomic E-state index is 0.243. The fraction of sp³-hybridized carbons (Fsp3) is 1.00. The van der Waals surface area contributed by atoms with Crippen LogP contribution in [-0.4, -0.2) is 29.0 Å². The molecule has 0 aliphatic heterocycles. The van der Waals surface area contributed by atoms with Crippen LogP contribution in [0.3, 0.4) is 0 Å². The van der Waals surface area contributed by atoms with Crippen molar-refractivity contribution >= 4 is 0 Å². The minimum atomic E-state index is 0.243. The van der Waals surface area contributed by atoms with Gasteiger partial charge in [0.2, 0.25) is 0 Å². The summed E-state index contributed by atoms with van der Waals surface area (Å²) in [5.41, 5.74) is 0. The van der Waals surface area contributed by atoms with E-state index in [-0.39, 0.29) is 4.65 Å². The van der Waals surface area contributed by atoms with Crippen LogP contribution in [0.4, 0.5) is 0 Å². The molecule has 2 heteroatoms. The number of nitrogens with zero attached hydrogens (tertiary/aromatic N) is 1. The van der Waals surface area contributed by atoms with Gasteiger partial charge in [0, 0.05) is 0 Å². The molecule has 68 valence electrons. The molecule has 0 aliphatic carbocycles. The Bertz CT molecular complexity index is 95.7. The molecule has 0 radical (unpaired) electrons. The summed E-state index contributed by atoms with van der Waals surface area (Å²) in [5, 5.41) is 10.0. The SMILES string of the molecule is CCC(CC)[N+](O)(CC)CC. The highest BCUT2D eigenvalue weighted by Crippen LogP contribution is 2.15. The van der Waals surface area contributed by atoms with Crippen LogP contribution in [0.15, 0.2) is 0 Å². The molecule has 0 saturated heterocycles. The molecule has 0 aliphatic rings. The van der Waals surface area contributed by atoms with Crippen molar-refractivity contribution in [3.63, 3.8) is 0 Å². The highest BCUT2D eigenvalue weighted by atomic mass is 16.5. The van der Waals surface area contributed by atoms with Crippen LogP contribution in [-0.2, 0) is 0 Å². The van der Waals surface area contributed by atoms with Gasteiger partial charge < -0.3 is 0 Å². The average Bonchev–Trinajstić information content (AvgIpc) is 2.06. The smallest absolute Gasteiger partial charge is 0.118 e. The second kappa shape index (κ2) is 4.73. The number of hydroxylamine groups is 3. The predicted octanol–water partition coefficient (Wildman–Crippen LogP) is 2.42. The van der Waals surface area contributed by atoms with Crippen molar-refractivity contribution in [3.05, 3.63) is 0 Å². The van der Waals surface area contributed by atoms with Crippen LogP contribution in [0.5, 0.6) is 0 Å². The van der Waals surface area contributed by atoms with Crippen molar-refractivity contribution in [1.29, 1.82) is 0 Å². The van der Waals surface area contributed by atoms with Gasteiger partial charge in [0.25, 0.3) is 0 Å². The Labute approximate surface area is 70.4 Å². The summed E-state index contributed by atoms with van der Waals surface area (Å²) in [4.78, 5) is 0. The van der Waals surface area contributed by atoms with E-state index in [1.807, 2.05) is 13.8 Å². The molecule has 0 amide bonds. The molecule has 0 fully saturated rings. The molecule has 2 nitrogen and oxygen atoms in total. The molecule has 0 saturated carbocycles. The van der Waals surface area contributed by atoms with E-state index in [2.05, 4.69) is 13.8 Å². The van der Waals surface area contributed by atoms with E-state index in [0.717, 1.165) is 25.9 Å². The van der Waals surface area contributed by atoms with Crippen molar-refractivity contribution in [2.45, 2.75) is 46.6 Å². The maximum Gasteiger partial charge on any atom is 0.118 e. The van der Waals surface area contributed by atoms with Crippen LogP contribution in [0.2, 0.25) is 0 Å². The second-order valence-electron chi connectivity index (χ2n) is 3.09. The lowest BCUT2D eigenvalue weighted by Gasteiger charge is -2.34. The minimum Gasteiger partial charge on any atom is -0.217 e. The van der Waals surface area contributed by atoms with Gasteiger partial charge >= 0.3 is 0 Å². The topological polar surface area (TPSA) is 20.2 Å². The fourth-order valence-electron chi connectivity index (χ4n) is 1.71. The van der Waals surface area contributed by atoms with Gasteiger partial charge in [-0.1, -0.05) is 13.8 Å². The molecule has 0 rings (SSSR count). The fourth-order valence-corrected chi connectivity index (χ4v) is 1.71. The summed E-state index contributed by atoms with van der Waals surface area (Å²) in [6, 6.07) is 0.421. The Hall–Kier alpha value is -0.0800. The highest BCUT2D eigenvalue weighted by Gasteiger charge is 2.29. The number of hydrogen-bond donors (Lipinski definition) is 1. The summed E-state index contributed by atoms with van der Waals surface area (Å²) in [6.45, 7) is 10.0. The van der Waals surface area contributed by atoms with Gasteiger partial charge in [-0.15, -0.1) is 0 Å². The van der Waals surface area contributed by atoms with Crippen molar-refractivity contribution in [1.82, 2.24) is 0 Å². The Morgan fingerprint density at radius 2 is 1.36 bits per heavy atom. The first-order valence-corrected chi connectivity index (χ1v) is 4.74. The second-order valence-corrected chi connectivity index (χ2v) is 3.09. The lowest BCUT2D eigenvalue weighted by Crippen LogP contribution is -2.52. The van der Waals surface area contributed by atoms with Crippen molar-refractivity contribution in [2.24, 2.45) is 0 Å². The molecule has 1 N–H and O–H groups in total. The molecule has 0 aromatic carbocycles. The quantitative estimate of drug-likeness (QED) is 0.484. The first-order valence-electron chi connectivity index (χ1n) is 4.74. The standard InChI is InChI=1S/C9H22NO/c1-5-9(6-2)10(11,7-3)8-4/h9,11H,5-8H2,1-4H3/q+1. The molecular formula is C9H22NO+. The lowest BCUT2D eigenvalue weighted by molar-refractivity contribution is -1.12. The van der Waals surface area contributed by atoms with Gasteiger partial charge in [0.05, 0.1) is 0 Å². The first-order chi connectivity index (χ1) is 5.14. The summed E-state index contributed by atoms with van der Waals surface area (Å²) in [5.74, 6) is 0. The molecule has 11 heavy (non-hydrogen) atoms. The van der Waals surface area contributed by atoms with E-state index in [0.29, 0.717) is 6.04 Å². The third-order valence-electron chi connectivity index (χ3n) is 2.72. The Morgan fingerprint density at radius 1 is 1.00 bits per heavy atom. The zero-order chi connectivity index (χ0) is 8.91. The highest BCUT2D eigenvalue weighted by molar-refractivity contribution is 4.50. The Kier molecular flexibility index (Phi) is 4.69. The van der Waals surface area contributed by atoms with Gasteiger partial charge in [-0.2, -0.15) is 4.65 Å². The predicted molar refractivity (Wildman–Crippen MR) is 47.5 cm³/mol. The molecule has 0 spiro atoms. The van der Waals surface area contributed by atoms with E-state index in [4.69, 9.17) is 0 Å². The number of rotatable bonds is 5. The monoisotopic (exact) mass is 160 g/mol. The van der Waals surface area contributed by atoms with Gasteiger partial charge in [-0.05, 0) is 26.7 Å². The largest absolute Gasteiger partial charge is 0.217 e. The van der Waals surface area contributed by atoms with Gasteiger partial charge in [0.15, 0.2) is 0 Å². The van der Waals surface area contributed by atoms with E-state index in [1.165, 1.54) is 0 Å². The number of hydrogen-bond acceptors (Lipinski definition) is 1. The third kappa shape index (κ3) is 2.46. The van der Waals surface area contributed by atoms with Crippen LogP contribution in [0.25, 0.3) is 0 Å². The van der Waals surface area contributed by atoms with Crippen LogP contribution < -0.4 is 0 Å². The Morgan fingerprint density at radius 3 is 1.45 bits per heavy atom. The normalized spacial score (nSPS) is 12.5. The maximum absolute atomic E-state index is 10.0. The molecule has 0 bridgehead atoms. The zero-order valence-electron chi connectivity index (χ0n) is 8.30. The van der Waals surface area contributed by atoms with Crippen LogP contribution in [0.1, 0.15) is 40.5 Å². The summed E-state index contributed by atoms with van der Waals surface area (Å²) in [7, 11) is 0. The van der Waals surface area contributed by atoms with Crippen molar-refractivity contribution < 1.29 is 9.85 Å². The lowest BCUT2D eigenvalue weighted by atomic mass is 10.1. The van der Waals surface area contributed by atoms with Gasteiger partial charge in [-0.3, -0.25) is 0 Å². The molecule has 0 atom stereocenters. The third-order valence-corrected chi connectivity index (χ3v) is 2.72. The van der Waals surface area contributed by atoms with Crippen LogP contribution in [0, 0.1) is 0 Å². The summed E-state index contributed by atoms with van der Waals surface area (Å²) >= 11 is 0. The van der Waals surface area contributed by atoms with Crippen molar-refractivity contribution in [2.75, 3.05) is 13.1 Å². The Balaban J connectivity index is 4.19. The zero-order valence-corrected chi connectivity index (χ0v) is 8.30. The first kappa shape index (κ1) is 10.9. The summed E-state index contributed by atoms with van der Waals surface area (Å²) in [6.07, 6.45) is 2.13. The average molecular weight is 160 g/mol. The summed E-state index contributed by atoms with van der Waals surface area (Å²) < 4.78 is 0.243. The molecule has 0 unspecified atom stereocenters.